The molecule has 9 rings (SSSR count). The number of fused-ring (bicyclic) bond motifs is 6. The highest BCUT2D eigenvalue weighted by Gasteiger charge is 2.35. The third-order valence-electron chi connectivity index (χ3n) is 10.2. The summed E-state index contributed by atoms with van der Waals surface area (Å²) in [5.41, 5.74) is 14.3. The third kappa shape index (κ3) is 3.85. The number of aromatic nitrogens is 1. The second-order valence-corrected chi connectivity index (χ2v) is 13.2. The van der Waals surface area contributed by atoms with E-state index in [2.05, 4.69) is 159 Å². The van der Waals surface area contributed by atoms with Crippen molar-refractivity contribution in [1.29, 1.82) is 0 Å². The van der Waals surface area contributed by atoms with E-state index in [1.54, 1.807) is 0 Å². The van der Waals surface area contributed by atoms with Crippen LogP contribution in [0.25, 0.3) is 76.8 Å². The molecule has 0 spiro atoms. The number of hydrogen-bond acceptors (Lipinski definition) is 1. The summed E-state index contributed by atoms with van der Waals surface area (Å²) in [7, 11) is 0. The van der Waals surface area contributed by atoms with Crippen molar-refractivity contribution in [2.45, 2.75) is 26.2 Å². The van der Waals surface area contributed by atoms with E-state index in [4.69, 9.17) is 0 Å². The quantitative estimate of drug-likeness (QED) is 0.187. The first kappa shape index (κ1) is 26.8. The molecule has 0 amide bonds. The molecule has 0 radical (unpaired) electrons. The number of pyridine rings is 1. The van der Waals surface area contributed by atoms with Gasteiger partial charge in [0.05, 0.1) is 0 Å². The van der Waals surface area contributed by atoms with Gasteiger partial charge in [-0.2, -0.15) is 0 Å². The average Bonchev–Trinajstić information content (AvgIpc) is 3.32. The Bertz CT molecular complexity index is 2440. The zero-order chi connectivity index (χ0) is 31.0. The molecule has 0 fully saturated rings. The normalized spacial score (nSPS) is 13.3. The number of benzene rings is 7. The second kappa shape index (κ2) is 9.99. The molecule has 46 heavy (non-hydrogen) atoms. The second-order valence-electron chi connectivity index (χ2n) is 13.2. The molecule has 8 aromatic rings. The van der Waals surface area contributed by atoms with E-state index in [0.717, 1.165) is 0 Å². The minimum Gasteiger partial charge on any atom is -0.264 e. The van der Waals surface area contributed by atoms with E-state index >= 15 is 0 Å². The molecule has 1 heteroatoms. The number of aryl methyl sites for hydroxylation is 1. The lowest BCUT2D eigenvalue weighted by molar-refractivity contribution is 0.660. The molecule has 0 N–H and O–H groups in total. The first-order valence-electron chi connectivity index (χ1n) is 16.1. The van der Waals surface area contributed by atoms with E-state index in [1.807, 2.05) is 12.4 Å². The molecule has 1 heterocycles. The Morgan fingerprint density at radius 3 is 1.76 bits per heavy atom. The van der Waals surface area contributed by atoms with Crippen LogP contribution in [0.3, 0.4) is 0 Å². The first-order chi connectivity index (χ1) is 22.5. The molecule has 0 atom stereocenters. The van der Waals surface area contributed by atoms with Crippen LogP contribution in [0.5, 0.6) is 0 Å². The highest BCUT2D eigenvalue weighted by molar-refractivity contribution is 6.24. The third-order valence-corrected chi connectivity index (χ3v) is 10.2. The van der Waals surface area contributed by atoms with E-state index in [0.29, 0.717) is 0 Å². The summed E-state index contributed by atoms with van der Waals surface area (Å²) in [5.74, 6) is 0. The summed E-state index contributed by atoms with van der Waals surface area (Å²) >= 11 is 0. The lowest BCUT2D eigenvalue weighted by Crippen LogP contribution is -2.15. The van der Waals surface area contributed by atoms with Crippen molar-refractivity contribution in [3.05, 3.63) is 163 Å². The number of rotatable bonds is 3. The Hall–Kier alpha value is -5.53. The maximum absolute atomic E-state index is 4.66. The van der Waals surface area contributed by atoms with Crippen LogP contribution in [0.15, 0.2) is 146 Å². The van der Waals surface area contributed by atoms with Crippen LogP contribution in [0.1, 0.15) is 30.5 Å². The van der Waals surface area contributed by atoms with Crippen LogP contribution >= 0.6 is 0 Å². The molecule has 0 aliphatic heterocycles. The molecule has 1 nitrogen and oxygen atoms in total. The Morgan fingerprint density at radius 2 is 1.00 bits per heavy atom. The van der Waals surface area contributed by atoms with Crippen molar-refractivity contribution in [2.24, 2.45) is 0 Å². The SMILES string of the molecule is Cc1ccc2c(c1)C(C)(C)c1cc(-c3ccc(-c4c5ccccc5c(-c5ccccc5)c5ccncc45)c4ccccc34)ccc1-2. The van der Waals surface area contributed by atoms with Gasteiger partial charge in [0.1, 0.15) is 0 Å². The lowest BCUT2D eigenvalue weighted by atomic mass is 9.80. The molecule has 1 aliphatic carbocycles. The lowest BCUT2D eigenvalue weighted by Gasteiger charge is -2.23. The predicted octanol–water partition coefficient (Wildman–Crippen LogP) is 12.2. The Balaban J connectivity index is 1.29. The highest BCUT2D eigenvalue weighted by Crippen LogP contribution is 2.51. The van der Waals surface area contributed by atoms with Crippen molar-refractivity contribution in [3.63, 3.8) is 0 Å². The van der Waals surface area contributed by atoms with Crippen LogP contribution in [-0.4, -0.2) is 4.98 Å². The summed E-state index contributed by atoms with van der Waals surface area (Å²) in [4.78, 5) is 4.66. The fourth-order valence-corrected chi connectivity index (χ4v) is 8.01. The van der Waals surface area contributed by atoms with Crippen molar-refractivity contribution < 1.29 is 0 Å². The van der Waals surface area contributed by atoms with Gasteiger partial charge in [0.2, 0.25) is 0 Å². The van der Waals surface area contributed by atoms with Crippen LogP contribution in [-0.2, 0) is 5.41 Å². The van der Waals surface area contributed by atoms with E-state index < -0.39 is 0 Å². The number of nitrogens with zero attached hydrogens (tertiary/aromatic N) is 1. The van der Waals surface area contributed by atoms with Crippen LogP contribution < -0.4 is 0 Å². The average molecular weight is 588 g/mol. The highest BCUT2D eigenvalue weighted by atomic mass is 14.6. The Labute approximate surface area is 269 Å². The van der Waals surface area contributed by atoms with Crippen molar-refractivity contribution in [3.8, 4) is 44.5 Å². The molecular formula is C45H33N. The molecule has 7 aromatic carbocycles. The smallest absolute Gasteiger partial charge is 0.0353 e. The predicted molar refractivity (Wildman–Crippen MR) is 195 cm³/mol. The van der Waals surface area contributed by atoms with Gasteiger partial charge < -0.3 is 0 Å². The molecule has 1 aromatic heterocycles. The number of hydrogen-bond donors (Lipinski definition) is 0. The first-order valence-corrected chi connectivity index (χ1v) is 16.1. The minimum atomic E-state index is -0.0478. The zero-order valence-electron chi connectivity index (χ0n) is 26.3. The summed E-state index contributed by atoms with van der Waals surface area (Å²) < 4.78 is 0. The Kier molecular flexibility index (Phi) is 5.83. The van der Waals surface area contributed by atoms with Gasteiger partial charge in [-0.25, -0.2) is 0 Å². The van der Waals surface area contributed by atoms with Gasteiger partial charge in [-0.1, -0.05) is 141 Å². The van der Waals surface area contributed by atoms with Crippen LogP contribution in [0, 0.1) is 6.92 Å². The molecule has 0 bridgehead atoms. The monoisotopic (exact) mass is 587 g/mol. The fourth-order valence-electron chi connectivity index (χ4n) is 8.01. The molecular weight excluding hydrogens is 555 g/mol. The summed E-state index contributed by atoms with van der Waals surface area (Å²) in [5, 5.41) is 7.40. The van der Waals surface area contributed by atoms with Gasteiger partial charge in [-0.3, -0.25) is 4.98 Å². The molecule has 0 saturated carbocycles. The maximum atomic E-state index is 4.66. The Morgan fingerprint density at radius 1 is 0.435 bits per heavy atom. The maximum Gasteiger partial charge on any atom is 0.0353 e. The van der Waals surface area contributed by atoms with Gasteiger partial charge in [-0.05, 0) is 102 Å². The standard InChI is InChI=1S/C45H33N/c1-28-17-19-34-35-20-18-30(26-42(35)45(2,3)41(34)25-28)31-21-22-38(33-14-8-7-13-32(31)33)44-37-16-10-9-15-36(37)43(29-11-5-4-6-12-29)39-23-24-46-27-40(39)44/h4-27H,1-3H3. The van der Waals surface area contributed by atoms with Crippen molar-refractivity contribution >= 4 is 32.3 Å². The van der Waals surface area contributed by atoms with E-state index in [1.165, 1.54) is 93.5 Å². The molecule has 0 saturated heterocycles. The fraction of sp³-hybridized carbons (Fsp3) is 0.0889. The largest absolute Gasteiger partial charge is 0.264 e. The van der Waals surface area contributed by atoms with Gasteiger partial charge in [0.15, 0.2) is 0 Å². The van der Waals surface area contributed by atoms with Crippen molar-refractivity contribution in [2.75, 3.05) is 0 Å². The van der Waals surface area contributed by atoms with Gasteiger partial charge in [0.25, 0.3) is 0 Å². The van der Waals surface area contributed by atoms with Gasteiger partial charge in [-0.15, -0.1) is 0 Å². The summed E-state index contributed by atoms with van der Waals surface area (Å²) in [6.45, 7) is 6.92. The van der Waals surface area contributed by atoms with Crippen LogP contribution in [0.4, 0.5) is 0 Å². The topological polar surface area (TPSA) is 12.9 Å². The summed E-state index contributed by atoms with van der Waals surface area (Å²) in [6.07, 6.45) is 3.97. The molecule has 1 aliphatic rings. The van der Waals surface area contributed by atoms with Crippen molar-refractivity contribution in [1.82, 2.24) is 4.98 Å². The zero-order valence-corrected chi connectivity index (χ0v) is 26.3. The van der Waals surface area contributed by atoms with Gasteiger partial charge >= 0.3 is 0 Å². The summed E-state index contributed by atoms with van der Waals surface area (Å²) in [6, 6.07) is 49.3. The molecule has 0 unspecified atom stereocenters. The van der Waals surface area contributed by atoms with Gasteiger partial charge in [0, 0.05) is 23.2 Å². The minimum absolute atomic E-state index is 0.0478. The van der Waals surface area contributed by atoms with Crippen LogP contribution in [0.2, 0.25) is 0 Å². The molecule has 218 valence electrons. The van der Waals surface area contributed by atoms with E-state index in [-0.39, 0.29) is 5.41 Å². The van der Waals surface area contributed by atoms with E-state index in [9.17, 15) is 0 Å².